The molecule has 3 aliphatic rings. The SMILES string of the molecule is COc1cc(-c2cn(C)c(=O)c3cc(C(=O)NC4CCN(C)CC4)sc23)cc(OC)c1CN(C)CC(=O)NCCOCCOc1cccc2c1C(=O)N(C1CCC(=O)NC1=O)C2=O.O=CO. The summed E-state index contributed by atoms with van der Waals surface area (Å²) in [6.45, 7) is 2.51. The minimum absolute atomic E-state index is 0.0203. The van der Waals surface area contributed by atoms with E-state index in [4.69, 9.17) is 28.8 Å². The molecule has 5 heterocycles. The number of methoxy groups -OCH3 is 2. The smallest absolute Gasteiger partial charge is 0.290 e. The van der Waals surface area contributed by atoms with E-state index in [-0.39, 0.29) is 92.5 Å². The van der Waals surface area contributed by atoms with Gasteiger partial charge in [0.15, 0.2) is 0 Å². The molecule has 2 saturated heterocycles. The number of nitrogens with zero attached hydrogens (tertiary/aromatic N) is 4. The first-order valence-electron chi connectivity index (χ1n) is 21.2. The lowest BCUT2D eigenvalue weighted by molar-refractivity contribution is -0.136. The molecule has 21 heteroatoms. The molecule has 3 aliphatic heterocycles. The van der Waals surface area contributed by atoms with Gasteiger partial charge in [0.25, 0.3) is 29.8 Å². The van der Waals surface area contributed by atoms with E-state index in [1.807, 2.05) is 17.0 Å². The molecule has 4 N–H and O–H groups in total. The van der Waals surface area contributed by atoms with E-state index >= 15 is 0 Å². The van der Waals surface area contributed by atoms with E-state index in [1.54, 1.807) is 52.7 Å². The van der Waals surface area contributed by atoms with Crippen LogP contribution < -0.4 is 35.7 Å². The van der Waals surface area contributed by atoms with Crippen molar-refractivity contribution in [2.75, 3.05) is 74.3 Å². The summed E-state index contributed by atoms with van der Waals surface area (Å²) in [6.07, 6.45) is 3.56. The van der Waals surface area contributed by atoms with Crippen molar-refractivity contribution >= 4 is 63.3 Å². The molecule has 1 unspecified atom stereocenters. The average Bonchev–Trinajstić information content (AvgIpc) is 3.85. The number of ether oxygens (including phenoxy) is 4. The van der Waals surface area contributed by atoms with Crippen LogP contribution in [0.2, 0.25) is 0 Å². The fourth-order valence-corrected chi connectivity index (χ4v) is 9.16. The normalized spacial score (nSPS) is 16.4. The van der Waals surface area contributed by atoms with Crippen molar-refractivity contribution in [3.05, 3.63) is 74.5 Å². The van der Waals surface area contributed by atoms with Gasteiger partial charge in [-0.05, 0) is 82.3 Å². The number of aryl methyl sites for hydroxylation is 1. The van der Waals surface area contributed by atoms with E-state index in [9.17, 15) is 33.6 Å². The first kappa shape index (κ1) is 48.8. The number of imide groups is 2. The standard InChI is InChI=1S/C44H51N7O11S.CH2O2/c1-48-14-11-26(12-15-48)46-41(55)35-21-28-39(63-35)29(23-50(3)42(28)56)25-19-33(59-4)30(34(20-25)60-5)22-49(2)24-37(53)45-13-16-61-17-18-62-32-8-6-7-27-38(32)44(58)51(43(27)57)31-9-10-36(52)47-40(31)54;2-1-3/h6-8,19-21,23,26,31H,9-18,22,24H2,1-5H3,(H,45,53)(H,46,55)(H,47,52,54);1H,(H,2,3). The number of carbonyl (C=O) groups excluding carboxylic acids is 6. The highest BCUT2D eigenvalue weighted by molar-refractivity contribution is 7.21. The summed E-state index contributed by atoms with van der Waals surface area (Å²) >= 11 is 1.28. The van der Waals surface area contributed by atoms with Gasteiger partial charge in [-0.2, -0.15) is 0 Å². The van der Waals surface area contributed by atoms with Crippen LogP contribution >= 0.6 is 11.3 Å². The number of fused-ring (bicyclic) bond motifs is 2. The third-order valence-corrected chi connectivity index (χ3v) is 12.5. The third-order valence-electron chi connectivity index (χ3n) is 11.4. The van der Waals surface area contributed by atoms with E-state index in [0.29, 0.717) is 38.6 Å². The minimum atomic E-state index is -1.08. The number of carboxylic acid groups (broad SMARTS) is 1. The molecule has 1 atom stereocenters. The Morgan fingerprint density at radius 3 is 2.30 bits per heavy atom. The van der Waals surface area contributed by atoms with Gasteiger partial charge in [-0.15, -0.1) is 11.3 Å². The molecule has 2 aromatic carbocycles. The molecule has 2 fully saturated rings. The van der Waals surface area contributed by atoms with Gasteiger partial charge >= 0.3 is 0 Å². The monoisotopic (exact) mass is 931 g/mol. The molecule has 0 radical (unpaired) electrons. The van der Waals surface area contributed by atoms with Crippen molar-refractivity contribution in [2.45, 2.75) is 44.3 Å². The molecule has 2 aromatic heterocycles. The second kappa shape index (κ2) is 22.0. The van der Waals surface area contributed by atoms with E-state index < -0.39 is 29.7 Å². The molecule has 0 bridgehead atoms. The van der Waals surface area contributed by atoms with Gasteiger partial charge < -0.3 is 44.2 Å². The van der Waals surface area contributed by atoms with E-state index in [2.05, 4.69) is 27.9 Å². The maximum Gasteiger partial charge on any atom is 0.290 e. The third kappa shape index (κ3) is 11.0. The van der Waals surface area contributed by atoms with Crippen LogP contribution in [-0.2, 0) is 37.5 Å². The molecule has 66 heavy (non-hydrogen) atoms. The highest BCUT2D eigenvalue weighted by atomic mass is 32.1. The number of likely N-dealkylation sites (N-methyl/N-ethyl adjacent to an activating group) is 1. The first-order chi connectivity index (χ1) is 31.7. The highest BCUT2D eigenvalue weighted by Gasteiger charge is 2.46. The molecule has 0 spiro atoms. The van der Waals surface area contributed by atoms with Gasteiger partial charge in [0.05, 0.1) is 60.9 Å². The number of carbonyl (C=O) groups is 7. The Morgan fingerprint density at radius 1 is 0.939 bits per heavy atom. The quantitative estimate of drug-likeness (QED) is 0.0671. The predicted octanol–water partition coefficient (Wildman–Crippen LogP) is 1.85. The number of thiophene rings is 1. The summed E-state index contributed by atoms with van der Waals surface area (Å²) in [6, 6.07) is 9.02. The Kier molecular flexibility index (Phi) is 16.3. The molecule has 0 aliphatic carbocycles. The number of nitrogens with one attached hydrogen (secondary N) is 3. The maximum atomic E-state index is 13.4. The zero-order chi connectivity index (χ0) is 47.7. The van der Waals surface area contributed by atoms with Gasteiger partial charge in [0, 0.05) is 49.1 Å². The van der Waals surface area contributed by atoms with E-state index in [0.717, 1.165) is 42.0 Å². The lowest BCUT2D eigenvalue weighted by Crippen LogP contribution is -2.54. The van der Waals surface area contributed by atoms with Crippen LogP contribution in [0.25, 0.3) is 21.2 Å². The Hall–Kier alpha value is -6.68. The van der Waals surface area contributed by atoms with Crippen molar-refractivity contribution in [1.29, 1.82) is 0 Å². The van der Waals surface area contributed by atoms with Gasteiger partial charge in [-0.1, -0.05) is 6.07 Å². The second-order valence-corrected chi connectivity index (χ2v) is 17.0. The second-order valence-electron chi connectivity index (χ2n) is 15.9. The zero-order valence-electron chi connectivity index (χ0n) is 37.3. The minimum Gasteiger partial charge on any atom is -0.496 e. The molecule has 20 nitrogen and oxygen atoms in total. The fourth-order valence-electron chi connectivity index (χ4n) is 8.08. The van der Waals surface area contributed by atoms with Crippen LogP contribution in [0.1, 0.15) is 61.6 Å². The van der Waals surface area contributed by atoms with Crippen molar-refractivity contribution in [1.82, 2.24) is 35.2 Å². The first-order valence-corrected chi connectivity index (χ1v) is 22.0. The van der Waals surface area contributed by atoms with Crippen molar-refractivity contribution in [3.8, 4) is 28.4 Å². The van der Waals surface area contributed by atoms with E-state index in [1.165, 1.54) is 22.0 Å². The van der Waals surface area contributed by atoms with Crippen LogP contribution in [0.5, 0.6) is 17.2 Å². The number of hydrogen-bond acceptors (Lipinski definition) is 15. The number of benzene rings is 2. The topological polar surface area (TPSA) is 244 Å². The van der Waals surface area contributed by atoms with Crippen LogP contribution in [-0.4, -0.2) is 153 Å². The number of hydrogen-bond donors (Lipinski definition) is 4. The molecular formula is C45H53N7O13S. The van der Waals surface area contributed by atoms with Crippen LogP contribution in [0.4, 0.5) is 0 Å². The van der Waals surface area contributed by atoms with Gasteiger partial charge in [-0.25, -0.2) is 0 Å². The average molecular weight is 932 g/mol. The largest absolute Gasteiger partial charge is 0.496 e. The summed E-state index contributed by atoms with van der Waals surface area (Å²) in [7, 11) is 8.65. The van der Waals surface area contributed by atoms with Crippen LogP contribution in [0.3, 0.4) is 0 Å². The van der Waals surface area contributed by atoms with Crippen LogP contribution in [0, 0.1) is 0 Å². The molecule has 352 valence electrons. The number of piperidine rings is 2. The molecule has 4 aromatic rings. The summed E-state index contributed by atoms with van der Waals surface area (Å²) in [4.78, 5) is 104. The molecule has 0 saturated carbocycles. The maximum absolute atomic E-state index is 13.4. The fraction of sp³-hybridized carbons (Fsp3) is 0.422. The summed E-state index contributed by atoms with van der Waals surface area (Å²) in [5.74, 6) is -1.64. The van der Waals surface area contributed by atoms with Crippen LogP contribution in [0.15, 0.2) is 47.4 Å². The summed E-state index contributed by atoms with van der Waals surface area (Å²) in [5, 5.41) is 15.5. The summed E-state index contributed by atoms with van der Waals surface area (Å²) in [5.41, 5.74) is 2.16. The predicted molar refractivity (Wildman–Crippen MR) is 241 cm³/mol. The highest BCUT2D eigenvalue weighted by Crippen LogP contribution is 2.40. The Bertz CT molecular complexity index is 2540. The number of aromatic nitrogens is 1. The molecule has 7 rings (SSSR count). The number of amides is 6. The van der Waals surface area contributed by atoms with Gasteiger partial charge in [0.2, 0.25) is 17.7 Å². The summed E-state index contributed by atoms with van der Waals surface area (Å²) < 4.78 is 25.3. The number of likely N-dealkylation sites (tertiary alicyclic amines) is 1. The Morgan fingerprint density at radius 2 is 1.64 bits per heavy atom. The van der Waals surface area contributed by atoms with Crippen molar-refractivity contribution in [3.63, 3.8) is 0 Å². The lowest BCUT2D eigenvalue weighted by Gasteiger charge is -2.29. The van der Waals surface area contributed by atoms with Gasteiger partial charge in [-0.3, -0.25) is 53.5 Å². The molecule has 6 amide bonds. The lowest BCUT2D eigenvalue weighted by atomic mass is 10.0. The Labute approximate surface area is 383 Å². The molecular weight excluding hydrogens is 879 g/mol. The number of rotatable bonds is 17. The number of pyridine rings is 1. The zero-order valence-corrected chi connectivity index (χ0v) is 38.1. The Balaban J connectivity index is 0.00000234. The van der Waals surface area contributed by atoms with Crippen molar-refractivity contribution < 1.29 is 57.6 Å². The van der Waals surface area contributed by atoms with Gasteiger partial charge in [0.1, 0.15) is 29.9 Å². The van der Waals surface area contributed by atoms with Crippen molar-refractivity contribution in [2.24, 2.45) is 7.05 Å².